The third-order valence-electron chi connectivity index (χ3n) is 5.27. The van der Waals surface area contributed by atoms with Crippen molar-refractivity contribution < 1.29 is 19.4 Å². The SMILES string of the molecule is COc1cccc(CC(=O)N2CCC3(CC2)CC(C)(O)CCO3)c1. The second-order valence-electron chi connectivity index (χ2n) is 7.36. The van der Waals surface area contributed by atoms with Crippen LogP contribution in [0.2, 0.25) is 0 Å². The van der Waals surface area contributed by atoms with Gasteiger partial charge in [-0.1, -0.05) is 12.1 Å². The van der Waals surface area contributed by atoms with Gasteiger partial charge >= 0.3 is 0 Å². The zero-order valence-corrected chi connectivity index (χ0v) is 14.6. The molecule has 3 rings (SSSR count). The average molecular weight is 333 g/mol. The first-order valence-corrected chi connectivity index (χ1v) is 8.69. The van der Waals surface area contributed by atoms with Gasteiger partial charge in [0.05, 0.1) is 31.3 Å². The van der Waals surface area contributed by atoms with Crippen molar-refractivity contribution in [3.05, 3.63) is 29.8 Å². The minimum absolute atomic E-state index is 0.140. The molecule has 2 fully saturated rings. The molecule has 1 amide bonds. The molecule has 0 aromatic heterocycles. The summed E-state index contributed by atoms with van der Waals surface area (Å²) in [7, 11) is 1.63. The molecule has 0 radical (unpaired) electrons. The summed E-state index contributed by atoms with van der Waals surface area (Å²) >= 11 is 0. The zero-order chi connectivity index (χ0) is 17.2. The van der Waals surface area contributed by atoms with Crippen LogP contribution in [-0.2, 0) is 16.0 Å². The third kappa shape index (κ3) is 3.90. The van der Waals surface area contributed by atoms with Crippen LogP contribution < -0.4 is 4.74 Å². The lowest BCUT2D eigenvalue weighted by atomic mass is 9.78. The number of methoxy groups -OCH3 is 1. The molecule has 1 unspecified atom stereocenters. The molecule has 1 aromatic rings. The van der Waals surface area contributed by atoms with Gasteiger partial charge in [0.25, 0.3) is 0 Å². The van der Waals surface area contributed by atoms with E-state index in [1.807, 2.05) is 36.1 Å². The van der Waals surface area contributed by atoms with E-state index in [-0.39, 0.29) is 11.5 Å². The maximum Gasteiger partial charge on any atom is 0.226 e. The Morgan fingerprint density at radius 2 is 2.08 bits per heavy atom. The number of benzene rings is 1. The van der Waals surface area contributed by atoms with Gasteiger partial charge in [0, 0.05) is 19.5 Å². The van der Waals surface area contributed by atoms with E-state index in [0.29, 0.717) is 39.0 Å². The van der Waals surface area contributed by atoms with Crippen LogP contribution in [0.4, 0.5) is 0 Å². The predicted molar refractivity (Wildman–Crippen MR) is 91.1 cm³/mol. The van der Waals surface area contributed by atoms with E-state index in [9.17, 15) is 9.90 Å². The van der Waals surface area contributed by atoms with E-state index >= 15 is 0 Å². The summed E-state index contributed by atoms with van der Waals surface area (Å²) < 4.78 is 11.2. The lowest BCUT2D eigenvalue weighted by Gasteiger charge is -2.48. The van der Waals surface area contributed by atoms with Gasteiger partial charge in [-0.25, -0.2) is 0 Å². The molecule has 1 atom stereocenters. The van der Waals surface area contributed by atoms with Crippen LogP contribution in [0.15, 0.2) is 24.3 Å². The Labute approximate surface area is 143 Å². The molecule has 5 heteroatoms. The maximum atomic E-state index is 12.6. The van der Waals surface area contributed by atoms with Crippen LogP contribution in [0.1, 0.15) is 38.2 Å². The molecular weight excluding hydrogens is 306 g/mol. The molecule has 2 aliphatic heterocycles. The summed E-state index contributed by atoms with van der Waals surface area (Å²) in [6.45, 7) is 3.88. The van der Waals surface area contributed by atoms with Crippen molar-refractivity contribution in [1.29, 1.82) is 0 Å². The van der Waals surface area contributed by atoms with Gasteiger partial charge in [-0.05, 0) is 43.9 Å². The van der Waals surface area contributed by atoms with Gasteiger partial charge in [-0.3, -0.25) is 4.79 Å². The van der Waals surface area contributed by atoms with E-state index < -0.39 is 5.60 Å². The number of nitrogens with zero attached hydrogens (tertiary/aromatic N) is 1. The molecule has 2 heterocycles. The maximum absolute atomic E-state index is 12.6. The monoisotopic (exact) mass is 333 g/mol. The summed E-state index contributed by atoms with van der Waals surface area (Å²) in [6, 6.07) is 7.65. The minimum atomic E-state index is -0.648. The fourth-order valence-electron chi connectivity index (χ4n) is 3.87. The summed E-state index contributed by atoms with van der Waals surface area (Å²) in [5.41, 5.74) is 0.0657. The highest BCUT2D eigenvalue weighted by atomic mass is 16.5. The van der Waals surface area contributed by atoms with Crippen LogP contribution in [0.3, 0.4) is 0 Å². The van der Waals surface area contributed by atoms with Gasteiger partial charge in [0.2, 0.25) is 5.91 Å². The number of carbonyl (C=O) groups is 1. The Kier molecular flexibility index (Phi) is 4.83. The Morgan fingerprint density at radius 3 is 2.75 bits per heavy atom. The molecule has 0 aliphatic carbocycles. The molecule has 0 bridgehead atoms. The van der Waals surface area contributed by atoms with Crippen molar-refractivity contribution in [3.8, 4) is 5.75 Å². The number of hydrogen-bond donors (Lipinski definition) is 1. The molecule has 2 aliphatic rings. The highest BCUT2D eigenvalue weighted by Gasteiger charge is 2.44. The Balaban J connectivity index is 1.57. The Bertz CT molecular complexity index is 591. The van der Waals surface area contributed by atoms with Crippen molar-refractivity contribution in [2.24, 2.45) is 0 Å². The fraction of sp³-hybridized carbons (Fsp3) is 0.632. The van der Waals surface area contributed by atoms with Crippen LogP contribution in [0.5, 0.6) is 5.75 Å². The summed E-state index contributed by atoms with van der Waals surface area (Å²) in [5.74, 6) is 0.913. The number of hydrogen-bond acceptors (Lipinski definition) is 4. The highest BCUT2D eigenvalue weighted by Crippen LogP contribution is 2.39. The molecule has 24 heavy (non-hydrogen) atoms. The molecule has 0 saturated carbocycles. The Hall–Kier alpha value is -1.59. The van der Waals surface area contributed by atoms with E-state index in [2.05, 4.69) is 0 Å². The number of rotatable bonds is 3. The lowest BCUT2D eigenvalue weighted by molar-refractivity contribution is -0.175. The zero-order valence-electron chi connectivity index (χ0n) is 14.6. The van der Waals surface area contributed by atoms with Gasteiger partial charge in [-0.2, -0.15) is 0 Å². The molecule has 132 valence electrons. The van der Waals surface area contributed by atoms with Crippen LogP contribution >= 0.6 is 0 Å². The number of ether oxygens (including phenoxy) is 2. The average Bonchev–Trinajstić information content (AvgIpc) is 2.54. The van der Waals surface area contributed by atoms with Crippen molar-refractivity contribution in [2.75, 3.05) is 26.8 Å². The molecule has 1 spiro atoms. The standard InChI is InChI=1S/C19H27NO4/c1-18(22)8-11-24-19(14-18)6-9-20(10-7-19)17(21)13-15-4-3-5-16(12-15)23-2/h3-5,12,22H,6-11,13-14H2,1-2H3. The molecule has 1 aromatic carbocycles. The third-order valence-corrected chi connectivity index (χ3v) is 5.27. The molecular formula is C19H27NO4. The van der Waals surface area contributed by atoms with Gasteiger partial charge in [0.15, 0.2) is 0 Å². The van der Waals surface area contributed by atoms with Crippen molar-refractivity contribution in [2.45, 2.75) is 50.2 Å². The number of aliphatic hydroxyl groups is 1. The lowest BCUT2D eigenvalue weighted by Crippen LogP contribution is -2.54. The summed E-state index contributed by atoms with van der Waals surface area (Å²) in [4.78, 5) is 14.5. The fourth-order valence-corrected chi connectivity index (χ4v) is 3.87. The normalized spacial score (nSPS) is 26.4. The largest absolute Gasteiger partial charge is 0.497 e. The van der Waals surface area contributed by atoms with Gasteiger partial charge in [0.1, 0.15) is 5.75 Å². The smallest absolute Gasteiger partial charge is 0.226 e. The molecule has 1 N–H and O–H groups in total. The van der Waals surface area contributed by atoms with Gasteiger partial charge < -0.3 is 19.5 Å². The van der Waals surface area contributed by atoms with E-state index in [1.165, 1.54) is 0 Å². The van der Waals surface area contributed by atoms with Crippen molar-refractivity contribution in [3.63, 3.8) is 0 Å². The second kappa shape index (κ2) is 6.73. The predicted octanol–water partition coefficient (Wildman–Crippen LogP) is 2.16. The number of likely N-dealkylation sites (tertiary alicyclic amines) is 1. The second-order valence-corrected chi connectivity index (χ2v) is 7.36. The highest BCUT2D eigenvalue weighted by molar-refractivity contribution is 5.79. The van der Waals surface area contributed by atoms with E-state index in [1.54, 1.807) is 7.11 Å². The van der Waals surface area contributed by atoms with Crippen molar-refractivity contribution in [1.82, 2.24) is 4.90 Å². The van der Waals surface area contributed by atoms with Crippen molar-refractivity contribution >= 4 is 5.91 Å². The molecule has 5 nitrogen and oxygen atoms in total. The number of piperidine rings is 1. The number of amides is 1. The topological polar surface area (TPSA) is 59.0 Å². The summed E-state index contributed by atoms with van der Waals surface area (Å²) in [6.07, 6.45) is 3.34. The first-order valence-electron chi connectivity index (χ1n) is 8.69. The number of carbonyl (C=O) groups excluding carboxylic acids is 1. The van der Waals surface area contributed by atoms with Crippen LogP contribution in [-0.4, -0.2) is 53.9 Å². The van der Waals surface area contributed by atoms with E-state index in [0.717, 1.165) is 24.2 Å². The molecule has 2 saturated heterocycles. The van der Waals surface area contributed by atoms with Gasteiger partial charge in [-0.15, -0.1) is 0 Å². The van der Waals surface area contributed by atoms with E-state index in [4.69, 9.17) is 9.47 Å². The van der Waals surface area contributed by atoms with Crippen LogP contribution in [0.25, 0.3) is 0 Å². The minimum Gasteiger partial charge on any atom is -0.497 e. The quantitative estimate of drug-likeness (QED) is 0.921. The summed E-state index contributed by atoms with van der Waals surface area (Å²) in [5, 5.41) is 10.3. The Morgan fingerprint density at radius 1 is 1.33 bits per heavy atom. The van der Waals surface area contributed by atoms with Crippen LogP contribution in [0, 0.1) is 0 Å². The first-order chi connectivity index (χ1) is 11.4. The first kappa shape index (κ1) is 17.2.